The molecular weight excluding hydrogens is 530 g/mol. The number of likely N-dealkylation sites (tertiary alicyclic amines) is 1. The number of carbonyl (C=O) groups excluding carboxylic acids is 4. The molecule has 0 unspecified atom stereocenters. The molecule has 1 aliphatic carbocycles. The van der Waals surface area contributed by atoms with Crippen molar-refractivity contribution < 1.29 is 19.2 Å². The van der Waals surface area contributed by atoms with Crippen molar-refractivity contribution in [1.29, 1.82) is 5.41 Å². The first-order valence-electron chi connectivity index (χ1n) is 13.8. The molecule has 0 aromatic carbocycles. The Balaban J connectivity index is 1.36. The van der Waals surface area contributed by atoms with E-state index in [-0.39, 0.29) is 61.5 Å². The van der Waals surface area contributed by atoms with Gasteiger partial charge in [0.15, 0.2) is 5.96 Å². The number of nitrogens with one attached hydrogen (secondary N) is 4. The summed E-state index contributed by atoms with van der Waals surface area (Å²) in [6, 6.07) is -1.10. The summed E-state index contributed by atoms with van der Waals surface area (Å²) in [5, 5.41) is 16.0. The fourth-order valence-corrected chi connectivity index (χ4v) is 4.81. The Morgan fingerprint density at radius 3 is 2.61 bits per heavy atom. The maximum atomic E-state index is 13.7. The van der Waals surface area contributed by atoms with Crippen molar-refractivity contribution in [3.63, 3.8) is 0 Å². The minimum Gasteiger partial charge on any atom is -0.370 e. The van der Waals surface area contributed by atoms with E-state index in [1.807, 2.05) is 0 Å². The zero-order valence-electron chi connectivity index (χ0n) is 22.9. The average Bonchev–Trinajstić information content (AvgIpc) is 3.69. The second-order valence-corrected chi connectivity index (χ2v) is 10.3. The van der Waals surface area contributed by atoms with Crippen LogP contribution in [0.3, 0.4) is 0 Å². The lowest BCUT2D eigenvalue weighted by molar-refractivity contribution is -0.139. The lowest BCUT2D eigenvalue weighted by Gasteiger charge is -2.33. The van der Waals surface area contributed by atoms with Gasteiger partial charge in [0.2, 0.25) is 17.7 Å². The summed E-state index contributed by atoms with van der Waals surface area (Å²) in [5.41, 5.74) is 5.79. The smallest absolute Gasteiger partial charge is 0.271 e. The molecular formula is C26H37N11O4. The van der Waals surface area contributed by atoms with Gasteiger partial charge in [0, 0.05) is 63.6 Å². The van der Waals surface area contributed by atoms with Crippen LogP contribution in [-0.4, -0.2) is 104 Å². The van der Waals surface area contributed by atoms with Gasteiger partial charge in [-0.1, -0.05) is 0 Å². The van der Waals surface area contributed by atoms with Gasteiger partial charge in [-0.05, 0) is 31.6 Å². The molecule has 2 aromatic heterocycles. The minimum absolute atomic E-state index is 0.0142. The van der Waals surface area contributed by atoms with Crippen LogP contribution < -0.4 is 21.7 Å². The van der Waals surface area contributed by atoms with E-state index in [4.69, 9.17) is 11.1 Å². The molecule has 2 atom stereocenters. The van der Waals surface area contributed by atoms with Gasteiger partial charge in [0.1, 0.15) is 18.3 Å². The van der Waals surface area contributed by atoms with Crippen LogP contribution in [0.2, 0.25) is 0 Å². The van der Waals surface area contributed by atoms with E-state index in [1.165, 1.54) is 24.9 Å². The number of amides is 4. The molecule has 220 valence electrons. The van der Waals surface area contributed by atoms with E-state index in [9.17, 15) is 19.2 Å². The highest BCUT2D eigenvalue weighted by Gasteiger charge is 2.37. The maximum Gasteiger partial charge on any atom is 0.271 e. The van der Waals surface area contributed by atoms with Crippen molar-refractivity contribution in [3.8, 4) is 0 Å². The maximum absolute atomic E-state index is 13.7. The molecule has 2 fully saturated rings. The molecule has 0 radical (unpaired) electrons. The molecule has 41 heavy (non-hydrogen) atoms. The summed E-state index contributed by atoms with van der Waals surface area (Å²) in [5.74, 6) is -1.43. The Labute approximate surface area is 237 Å². The first-order valence-corrected chi connectivity index (χ1v) is 13.8. The predicted molar refractivity (Wildman–Crippen MR) is 147 cm³/mol. The quantitative estimate of drug-likeness (QED) is 0.144. The zero-order valence-corrected chi connectivity index (χ0v) is 22.9. The van der Waals surface area contributed by atoms with Crippen molar-refractivity contribution in [2.75, 3.05) is 32.7 Å². The number of aromatic nitrogens is 4. The molecule has 1 aliphatic heterocycles. The summed E-state index contributed by atoms with van der Waals surface area (Å²) >= 11 is 0. The van der Waals surface area contributed by atoms with Gasteiger partial charge >= 0.3 is 0 Å². The van der Waals surface area contributed by atoms with E-state index in [0.717, 1.165) is 32.2 Å². The van der Waals surface area contributed by atoms with Crippen molar-refractivity contribution >= 4 is 29.6 Å². The monoisotopic (exact) mass is 567 g/mol. The Morgan fingerprint density at radius 2 is 1.93 bits per heavy atom. The van der Waals surface area contributed by atoms with E-state index >= 15 is 0 Å². The number of guanidine groups is 1. The van der Waals surface area contributed by atoms with Crippen LogP contribution in [-0.2, 0) is 20.9 Å². The second-order valence-electron chi connectivity index (χ2n) is 10.3. The minimum atomic E-state index is -1.08. The Bertz CT molecular complexity index is 1200. The molecule has 2 aromatic rings. The Hall–Kier alpha value is -4.56. The molecule has 3 heterocycles. The number of hydrogen-bond donors (Lipinski definition) is 5. The van der Waals surface area contributed by atoms with Crippen LogP contribution in [0.25, 0.3) is 0 Å². The first-order chi connectivity index (χ1) is 19.8. The van der Waals surface area contributed by atoms with Gasteiger partial charge in [0.05, 0.1) is 18.9 Å². The number of imidazole rings is 1. The third kappa shape index (κ3) is 8.98. The van der Waals surface area contributed by atoms with Gasteiger partial charge in [0.25, 0.3) is 5.91 Å². The molecule has 2 aliphatic rings. The third-order valence-electron chi connectivity index (χ3n) is 7.06. The van der Waals surface area contributed by atoms with Crippen LogP contribution in [0, 0.1) is 11.3 Å². The summed E-state index contributed by atoms with van der Waals surface area (Å²) in [6.45, 7) is 2.02. The van der Waals surface area contributed by atoms with Crippen molar-refractivity contribution in [3.05, 3.63) is 43.0 Å². The van der Waals surface area contributed by atoms with Crippen LogP contribution in [0.5, 0.6) is 0 Å². The molecule has 6 N–H and O–H groups in total. The lowest BCUT2D eigenvalue weighted by Crippen LogP contribution is -2.53. The SMILES string of the molecule is N=C(N)N1CCC[C@@H](CNC(=O)C[C@H](NC(=O)Cn2ccnc2)C(=O)N(CCNC(=O)c2cnccn2)C2CC2)C1. The standard InChI is InChI=1S/C26H37N11O4/c27-26(28)36-9-1-2-18(15-36)13-33-22(38)12-20(34-23(39)16-35-10-7-30-17-35)25(41)37(19-3-4-19)11-8-32-24(40)21-14-29-5-6-31-21/h5-7,10,14,17-20H,1-4,8-9,11-13,15-16H2,(H3,27,28)(H,32,40)(H,33,38)(H,34,39)/t18-,20-/m0/s1. The number of piperidine rings is 1. The van der Waals surface area contributed by atoms with Crippen LogP contribution in [0.4, 0.5) is 0 Å². The van der Waals surface area contributed by atoms with Crippen LogP contribution in [0.1, 0.15) is 42.6 Å². The highest BCUT2D eigenvalue weighted by atomic mass is 16.2. The summed E-state index contributed by atoms with van der Waals surface area (Å²) in [4.78, 5) is 67.0. The van der Waals surface area contributed by atoms with Crippen LogP contribution in [0.15, 0.2) is 37.3 Å². The van der Waals surface area contributed by atoms with Gasteiger partial charge in [-0.3, -0.25) is 29.6 Å². The Morgan fingerprint density at radius 1 is 1.10 bits per heavy atom. The lowest BCUT2D eigenvalue weighted by atomic mass is 9.98. The molecule has 4 rings (SSSR count). The number of carbonyl (C=O) groups is 4. The average molecular weight is 568 g/mol. The van der Waals surface area contributed by atoms with Gasteiger partial charge in [-0.25, -0.2) is 9.97 Å². The van der Waals surface area contributed by atoms with E-state index in [1.54, 1.807) is 26.8 Å². The highest BCUT2D eigenvalue weighted by Crippen LogP contribution is 2.27. The highest BCUT2D eigenvalue weighted by molar-refractivity contribution is 5.93. The molecule has 4 amide bonds. The van der Waals surface area contributed by atoms with Crippen LogP contribution >= 0.6 is 0 Å². The molecule has 0 bridgehead atoms. The Kier molecular flexibility index (Phi) is 10.2. The largest absolute Gasteiger partial charge is 0.370 e. The third-order valence-corrected chi connectivity index (χ3v) is 7.06. The van der Waals surface area contributed by atoms with Gasteiger partial charge < -0.3 is 36.1 Å². The topological polar surface area (TPSA) is 204 Å². The van der Waals surface area contributed by atoms with Gasteiger partial charge in [-0.2, -0.15) is 0 Å². The summed E-state index contributed by atoms with van der Waals surface area (Å²) in [7, 11) is 0. The number of nitrogens with zero attached hydrogens (tertiary/aromatic N) is 6. The van der Waals surface area contributed by atoms with Gasteiger partial charge in [-0.15, -0.1) is 0 Å². The fraction of sp³-hybridized carbons (Fsp3) is 0.538. The van der Waals surface area contributed by atoms with E-state index in [0.29, 0.717) is 13.1 Å². The van der Waals surface area contributed by atoms with Crippen molar-refractivity contribution in [2.45, 2.75) is 50.7 Å². The van der Waals surface area contributed by atoms with Crippen molar-refractivity contribution in [1.82, 2.24) is 45.3 Å². The molecule has 15 nitrogen and oxygen atoms in total. The van der Waals surface area contributed by atoms with Crippen molar-refractivity contribution in [2.24, 2.45) is 11.7 Å². The normalized spacial score (nSPS) is 17.3. The molecule has 15 heteroatoms. The summed E-state index contributed by atoms with van der Waals surface area (Å²) < 4.78 is 1.57. The second kappa shape index (κ2) is 14.2. The number of rotatable bonds is 13. The number of nitrogens with two attached hydrogens (primary N) is 1. The molecule has 1 saturated heterocycles. The predicted octanol–water partition coefficient (Wildman–Crippen LogP) is -1.31. The first kappa shape index (κ1) is 29.4. The zero-order chi connectivity index (χ0) is 29.2. The van der Waals surface area contributed by atoms with E-state index < -0.39 is 17.9 Å². The fourth-order valence-electron chi connectivity index (χ4n) is 4.81. The molecule has 0 spiro atoms. The summed E-state index contributed by atoms with van der Waals surface area (Å²) in [6.07, 6.45) is 12.1. The number of hydrogen-bond acceptors (Lipinski definition) is 8. The molecule has 1 saturated carbocycles. The van der Waals surface area contributed by atoms with E-state index in [2.05, 4.69) is 30.9 Å².